The summed E-state index contributed by atoms with van der Waals surface area (Å²) in [6.07, 6.45) is 6.57. The second-order valence-corrected chi connectivity index (χ2v) is 2.95. The van der Waals surface area contributed by atoms with E-state index < -0.39 is 0 Å². The molecule has 13 heavy (non-hydrogen) atoms. The third-order valence-corrected chi connectivity index (χ3v) is 1.31. The van der Waals surface area contributed by atoms with Gasteiger partial charge in [0.15, 0.2) is 0 Å². The fourth-order valence-electron chi connectivity index (χ4n) is 0.685. The van der Waals surface area contributed by atoms with Gasteiger partial charge in [-0.2, -0.15) is 31.5 Å². The van der Waals surface area contributed by atoms with Crippen LogP contribution in [-0.2, 0) is 21.1 Å². The van der Waals surface area contributed by atoms with E-state index in [0.29, 0.717) is 5.92 Å². The van der Waals surface area contributed by atoms with Gasteiger partial charge in [0.2, 0.25) is 0 Å². The van der Waals surface area contributed by atoms with Crippen molar-refractivity contribution in [1.82, 2.24) is 4.98 Å². The predicted molar refractivity (Wildman–Crippen MR) is 52.8 cm³/mol. The summed E-state index contributed by atoms with van der Waals surface area (Å²) in [5.41, 5.74) is 1.30. The summed E-state index contributed by atoms with van der Waals surface area (Å²) < 4.78 is 0. The SMILES string of the molecule is CC(C)c1c[c-]ncc1.C[CH-]C.[W+2]. The van der Waals surface area contributed by atoms with Crippen molar-refractivity contribution in [3.63, 3.8) is 0 Å². The van der Waals surface area contributed by atoms with Crippen molar-refractivity contribution in [3.05, 3.63) is 36.5 Å². The zero-order valence-electron chi connectivity index (χ0n) is 8.74. The van der Waals surface area contributed by atoms with E-state index in [0.717, 1.165) is 0 Å². The van der Waals surface area contributed by atoms with Crippen molar-refractivity contribution in [2.75, 3.05) is 0 Å². The molecule has 0 unspecified atom stereocenters. The van der Waals surface area contributed by atoms with Crippen LogP contribution in [0.25, 0.3) is 0 Å². The molecule has 0 amide bonds. The molecule has 0 radical (unpaired) electrons. The molecule has 0 N–H and O–H groups in total. The summed E-state index contributed by atoms with van der Waals surface area (Å²) in [6.45, 7) is 8.31. The number of pyridine rings is 1. The van der Waals surface area contributed by atoms with Crippen LogP contribution in [0.2, 0.25) is 0 Å². The summed E-state index contributed by atoms with van der Waals surface area (Å²) in [5, 5.41) is 0. The van der Waals surface area contributed by atoms with Crippen molar-refractivity contribution in [3.8, 4) is 0 Å². The Bertz CT molecular complexity index is 185. The Morgan fingerprint density at radius 1 is 1.38 bits per heavy atom. The molecule has 72 valence electrons. The average Bonchev–Trinajstić information content (AvgIpc) is 2.07. The molecule has 0 bridgehead atoms. The third kappa shape index (κ3) is 8.18. The minimum atomic E-state index is 0. The summed E-state index contributed by atoms with van der Waals surface area (Å²) in [4.78, 5) is 3.80. The molecule has 0 aromatic carbocycles. The van der Waals surface area contributed by atoms with Crippen molar-refractivity contribution in [2.24, 2.45) is 0 Å². The quantitative estimate of drug-likeness (QED) is 0.711. The Balaban J connectivity index is 0. The van der Waals surface area contributed by atoms with E-state index in [9.17, 15) is 0 Å². The van der Waals surface area contributed by atoms with E-state index in [1.54, 1.807) is 6.20 Å². The van der Waals surface area contributed by atoms with E-state index in [4.69, 9.17) is 0 Å². The maximum atomic E-state index is 3.80. The summed E-state index contributed by atoms with van der Waals surface area (Å²) >= 11 is 0. The van der Waals surface area contributed by atoms with Crippen molar-refractivity contribution in [2.45, 2.75) is 33.6 Å². The van der Waals surface area contributed by atoms with Crippen LogP contribution >= 0.6 is 0 Å². The van der Waals surface area contributed by atoms with Crippen LogP contribution in [0.15, 0.2) is 18.3 Å². The zero-order chi connectivity index (χ0) is 9.40. The Morgan fingerprint density at radius 2 is 1.92 bits per heavy atom. The first-order valence-corrected chi connectivity index (χ1v) is 4.28. The molecule has 0 fully saturated rings. The van der Waals surface area contributed by atoms with Gasteiger partial charge in [0.25, 0.3) is 0 Å². The maximum Gasteiger partial charge on any atom is 2.00 e. The first kappa shape index (κ1) is 15.3. The minimum Gasteiger partial charge on any atom is -0.394 e. The van der Waals surface area contributed by atoms with Gasteiger partial charge in [-0.25, -0.2) is 0 Å². The molecule has 0 saturated carbocycles. The van der Waals surface area contributed by atoms with Gasteiger partial charge in [0, 0.05) is 0 Å². The van der Waals surface area contributed by atoms with Gasteiger partial charge in [-0.05, 0) is 0 Å². The summed E-state index contributed by atoms with van der Waals surface area (Å²) in [7, 11) is 0. The van der Waals surface area contributed by atoms with Gasteiger partial charge in [-0.1, -0.05) is 32.2 Å². The fourth-order valence-corrected chi connectivity index (χ4v) is 0.685. The van der Waals surface area contributed by atoms with Gasteiger partial charge in [-0.15, -0.1) is 0 Å². The van der Waals surface area contributed by atoms with Gasteiger partial charge in [0.05, 0.1) is 0 Å². The number of nitrogens with zero attached hydrogens (tertiary/aromatic N) is 1. The molecule has 1 rings (SSSR count). The number of hydrogen-bond acceptors (Lipinski definition) is 1. The molecule has 0 spiro atoms. The van der Waals surface area contributed by atoms with Crippen molar-refractivity contribution in [1.29, 1.82) is 0 Å². The molecule has 0 saturated heterocycles. The first-order chi connectivity index (χ1) is 5.72. The zero-order valence-corrected chi connectivity index (χ0v) is 11.7. The molecule has 0 aliphatic rings. The van der Waals surface area contributed by atoms with Gasteiger partial charge < -0.3 is 11.4 Å². The number of hydrogen-bond donors (Lipinski definition) is 0. The fraction of sp³-hybridized carbons (Fsp3) is 0.455. The van der Waals surface area contributed by atoms with Crippen LogP contribution in [0.5, 0.6) is 0 Å². The Kier molecular flexibility index (Phi) is 11.7. The summed E-state index contributed by atoms with van der Waals surface area (Å²) in [6, 6.07) is 3.94. The Hall–Kier alpha value is -0.162. The van der Waals surface area contributed by atoms with E-state index in [1.807, 2.05) is 32.4 Å². The first-order valence-electron chi connectivity index (χ1n) is 4.28. The van der Waals surface area contributed by atoms with E-state index >= 15 is 0 Å². The topological polar surface area (TPSA) is 12.9 Å². The van der Waals surface area contributed by atoms with Crippen LogP contribution in [-0.4, -0.2) is 4.98 Å². The monoisotopic (exact) mass is 347 g/mol. The van der Waals surface area contributed by atoms with Crippen LogP contribution < -0.4 is 0 Å². The van der Waals surface area contributed by atoms with E-state index in [1.165, 1.54) is 5.56 Å². The average molecular weight is 347 g/mol. The molecule has 0 atom stereocenters. The minimum absolute atomic E-state index is 0. The maximum absolute atomic E-state index is 3.80. The van der Waals surface area contributed by atoms with Gasteiger partial charge in [0.1, 0.15) is 0 Å². The van der Waals surface area contributed by atoms with Crippen molar-refractivity contribution < 1.29 is 21.1 Å². The second-order valence-electron chi connectivity index (χ2n) is 2.95. The van der Waals surface area contributed by atoms with Crippen LogP contribution in [0, 0.1) is 12.6 Å². The molecule has 1 nitrogen and oxygen atoms in total. The molecule has 1 aromatic rings. The van der Waals surface area contributed by atoms with E-state index in [-0.39, 0.29) is 21.1 Å². The standard InChI is InChI=1S/C8H10N.C3H7.W/c1-7(2)8-3-5-9-6-4-8;1-3-2;/h3-5,7H,1-2H3;3H,1-2H3;/q2*-1;+2. The van der Waals surface area contributed by atoms with Gasteiger partial charge in [-0.3, -0.25) is 0 Å². The Labute approximate surface area is 96.2 Å². The smallest absolute Gasteiger partial charge is 0.394 e. The number of aromatic nitrogens is 1. The van der Waals surface area contributed by atoms with E-state index in [2.05, 4.69) is 25.0 Å². The van der Waals surface area contributed by atoms with Crippen LogP contribution in [0.3, 0.4) is 0 Å². The normalized spacial score (nSPS) is 8.38. The second kappa shape index (κ2) is 9.92. The number of rotatable bonds is 1. The Morgan fingerprint density at radius 3 is 2.15 bits per heavy atom. The molecule has 2 heteroatoms. The molecular weight excluding hydrogens is 330 g/mol. The van der Waals surface area contributed by atoms with Crippen LogP contribution in [0.4, 0.5) is 0 Å². The molecular formula is C11H17NW. The largest absolute Gasteiger partial charge is 2.00 e. The van der Waals surface area contributed by atoms with Crippen LogP contribution in [0.1, 0.15) is 39.2 Å². The molecule has 1 aromatic heterocycles. The third-order valence-electron chi connectivity index (χ3n) is 1.31. The molecule has 0 aliphatic carbocycles. The molecule has 1 heterocycles. The summed E-state index contributed by atoms with van der Waals surface area (Å²) in [5.74, 6) is 0.587. The predicted octanol–water partition coefficient (Wildman–Crippen LogP) is 3.23. The van der Waals surface area contributed by atoms with Gasteiger partial charge >= 0.3 is 21.1 Å². The van der Waals surface area contributed by atoms with Crippen molar-refractivity contribution >= 4 is 0 Å². The molecule has 0 aliphatic heterocycles.